The summed E-state index contributed by atoms with van der Waals surface area (Å²) in [6, 6.07) is 12.0. The topological polar surface area (TPSA) is 49.7 Å². The lowest BCUT2D eigenvalue weighted by Crippen LogP contribution is -2.14. The number of esters is 1. The van der Waals surface area contributed by atoms with Gasteiger partial charge in [0.1, 0.15) is 5.69 Å². The highest BCUT2D eigenvalue weighted by molar-refractivity contribution is 6.03. The van der Waals surface area contributed by atoms with E-state index in [2.05, 4.69) is 6.07 Å². The van der Waals surface area contributed by atoms with Crippen LogP contribution < -0.4 is 9.47 Å². The number of methoxy groups -OCH3 is 1. The molecule has 2 aliphatic heterocycles. The van der Waals surface area contributed by atoms with Gasteiger partial charge >= 0.3 is 5.97 Å². The second-order valence-corrected chi connectivity index (χ2v) is 5.71. The summed E-state index contributed by atoms with van der Waals surface area (Å²) in [6.45, 7) is 0.860. The van der Waals surface area contributed by atoms with Gasteiger partial charge in [0.2, 0.25) is 6.79 Å². The highest BCUT2D eigenvalue weighted by Crippen LogP contribution is 2.44. The molecule has 0 N–H and O–H groups in total. The molecule has 23 heavy (non-hydrogen) atoms. The molecule has 5 heteroatoms. The van der Waals surface area contributed by atoms with Crippen LogP contribution in [0.25, 0.3) is 22.0 Å². The Kier molecular flexibility index (Phi) is 2.34. The Morgan fingerprint density at radius 3 is 2.78 bits per heavy atom. The maximum Gasteiger partial charge on any atom is 0.354 e. The first kappa shape index (κ1) is 12.6. The number of aromatic nitrogens is 1. The molecule has 3 aromatic rings. The van der Waals surface area contributed by atoms with Crippen molar-refractivity contribution in [2.75, 3.05) is 13.9 Å². The summed E-state index contributed by atoms with van der Waals surface area (Å²) in [5, 5.41) is 1.03. The lowest BCUT2D eigenvalue weighted by molar-refractivity contribution is 0.0589. The number of carbonyl (C=O) groups excluding carboxylic acids is 1. The van der Waals surface area contributed by atoms with E-state index >= 15 is 0 Å². The number of fused-ring (bicyclic) bond motifs is 3. The molecule has 2 aromatic carbocycles. The molecular formula is C18H13NO4. The summed E-state index contributed by atoms with van der Waals surface area (Å²) in [5.74, 6) is 1.21. The number of carbonyl (C=O) groups is 1. The van der Waals surface area contributed by atoms with E-state index in [-0.39, 0.29) is 12.8 Å². The van der Waals surface area contributed by atoms with Crippen LogP contribution in [0.4, 0.5) is 0 Å². The molecule has 0 amide bonds. The largest absolute Gasteiger partial charge is 0.464 e. The van der Waals surface area contributed by atoms with Crippen LogP contribution in [0, 0.1) is 0 Å². The Bertz CT molecular complexity index is 986. The van der Waals surface area contributed by atoms with E-state index in [1.807, 2.05) is 34.9 Å². The van der Waals surface area contributed by atoms with Crippen LogP contribution in [0.1, 0.15) is 16.1 Å². The molecule has 0 unspecified atom stereocenters. The van der Waals surface area contributed by atoms with Crippen LogP contribution in [-0.4, -0.2) is 24.4 Å². The van der Waals surface area contributed by atoms with Crippen LogP contribution in [0.15, 0.2) is 36.4 Å². The molecule has 0 bridgehead atoms. The summed E-state index contributed by atoms with van der Waals surface area (Å²) in [4.78, 5) is 12.1. The average molecular weight is 307 g/mol. The van der Waals surface area contributed by atoms with Crippen molar-refractivity contribution in [1.82, 2.24) is 4.57 Å². The molecule has 0 spiro atoms. The van der Waals surface area contributed by atoms with E-state index in [0.29, 0.717) is 12.2 Å². The van der Waals surface area contributed by atoms with Gasteiger partial charge in [-0.15, -0.1) is 0 Å². The van der Waals surface area contributed by atoms with Crippen LogP contribution in [0.3, 0.4) is 0 Å². The van der Waals surface area contributed by atoms with Crippen molar-refractivity contribution in [1.29, 1.82) is 0 Å². The van der Waals surface area contributed by atoms with Crippen molar-refractivity contribution < 1.29 is 19.0 Å². The standard InChI is InChI=1S/C18H13NO4/c1-21-18(20)14-5-10-3-2-4-12-13-7-16-15(22-9-23-16)6-11(13)8-19(14)17(10)12/h2-7H,8-9H2,1H3. The molecular weight excluding hydrogens is 294 g/mol. The maximum absolute atomic E-state index is 12.1. The van der Waals surface area contributed by atoms with E-state index in [0.717, 1.165) is 39.1 Å². The first-order chi connectivity index (χ1) is 11.3. The summed E-state index contributed by atoms with van der Waals surface area (Å²) in [6.07, 6.45) is 0. The number of nitrogens with zero attached hydrogens (tertiary/aromatic N) is 1. The van der Waals surface area contributed by atoms with Crippen LogP contribution in [-0.2, 0) is 11.3 Å². The van der Waals surface area contributed by atoms with Crippen molar-refractivity contribution >= 4 is 16.9 Å². The van der Waals surface area contributed by atoms with Crippen LogP contribution in [0.5, 0.6) is 11.5 Å². The van der Waals surface area contributed by atoms with Crippen molar-refractivity contribution in [3.05, 3.63) is 47.7 Å². The number of hydrogen-bond donors (Lipinski definition) is 0. The fourth-order valence-corrected chi connectivity index (χ4v) is 3.52. The summed E-state index contributed by atoms with van der Waals surface area (Å²) < 4.78 is 17.9. The van der Waals surface area contributed by atoms with Crippen molar-refractivity contribution in [3.63, 3.8) is 0 Å². The monoisotopic (exact) mass is 307 g/mol. The van der Waals surface area contributed by atoms with Crippen molar-refractivity contribution in [2.24, 2.45) is 0 Å². The third kappa shape index (κ3) is 1.59. The Hall–Kier alpha value is -2.95. The fourth-order valence-electron chi connectivity index (χ4n) is 3.52. The van der Waals surface area contributed by atoms with Gasteiger partial charge in [-0.3, -0.25) is 0 Å². The molecule has 0 saturated heterocycles. The van der Waals surface area contributed by atoms with E-state index in [1.54, 1.807) is 0 Å². The van der Waals surface area contributed by atoms with Gasteiger partial charge in [-0.05, 0) is 29.3 Å². The molecule has 0 aliphatic carbocycles. The van der Waals surface area contributed by atoms with Crippen LogP contribution >= 0.6 is 0 Å². The van der Waals surface area contributed by atoms with Gasteiger partial charge in [-0.2, -0.15) is 0 Å². The van der Waals surface area contributed by atoms with E-state index in [9.17, 15) is 4.79 Å². The SMILES string of the molecule is COC(=O)c1cc2cccc3c2n1Cc1cc2c(cc1-3)OCO2. The second-order valence-electron chi connectivity index (χ2n) is 5.71. The van der Waals surface area contributed by atoms with Crippen molar-refractivity contribution in [3.8, 4) is 22.6 Å². The highest BCUT2D eigenvalue weighted by atomic mass is 16.7. The molecule has 5 nitrogen and oxygen atoms in total. The molecule has 0 fully saturated rings. The summed E-state index contributed by atoms with van der Waals surface area (Å²) in [7, 11) is 1.41. The Labute approximate surface area is 132 Å². The van der Waals surface area contributed by atoms with E-state index < -0.39 is 0 Å². The first-order valence-corrected chi connectivity index (χ1v) is 7.40. The van der Waals surface area contributed by atoms with Crippen LogP contribution in [0.2, 0.25) is 0 Å². The number of para-hydroxylation sites is 1. The number of hydrogen-bond acceptors (Lipinski definition) is 4. The Morgan fingerprint density at radius 1 is 1.13 bits per heavy atom. The molecule has 1 aromatic heterocycles. The van der Waals surface area contributed by atoms with Crippen molar-refractivity contribution in [2.45, 2.75) is 6.54 Å². The second kappa shape index (κ2) is 4.29. The Balaban J connectivity index is 1.83. The summed E-state index contributed by atoms with van der Waals surface area (Å²) in [5.41, 5.74) is 4.95. The average Bonchev–Trinajstić information content (AvgIpc) is 3.18. The van der Waals surface area contributed by atoms with Gasteiger partial charge < -0.3 is 18.8 Å². The predicted molar refractivity (Wildman–Crippen MR) is 83.9 cm³/mol. The predicted octanol–water partition coefficient (Wildman–Crippen LogP) is 3.19. The molecule has 114 valence electrons. The van der Waals surface area contributed by atoms with Gasteiger partial charge in [0, 0.05) is 17.5 Å². The van der Waals surface area contributed by atoms with E-state index in [4.69, 9.17) is 14.2 Å². The zero-order valence-corrected chi connectivity index (χ0v) is 12.5. The molecule has 0 saturated carbocycles. The number of benzene rings is 2. The minimum Gasteiger partial charge on any atom is -0.464 e. The van der Waals surface area contributed by atoms with Gasteiger partial charge in [0.15, 0.2) is 11.5 Å². The normalized spacial score (nSPS) is 14.0. The van der Waals surface area contributed by atoms with Gasteiger partial charge in [0.25, 0.3) is 0 Å². The fraction of sp³-hybridized carbons (Fsp3) is 0.167. The van der Waals surface area contributed by atoms with Gasteiger partial charge in [-0.25, -0.2) is 4.79 Å². The number of ether oxygens (including phenoxy) is 3. The molecule has 3 heterocycles. The number of rotatable bonds is 1. The Morgan fingerprint density at radius 2 is 1.96 bits per heavy atom. The highest BCUT2D eigenvalue weighted by Gasteiger charge is 2.27. The molecule has 2 aliphatic rings. The smallest absolute Gasteiger partial charge is 0.354 e. The van der Waals surface area contributed by atoms with Gasteiger partial charge in [0.05, 0.1) is 12.6 Å². The molecule has 0 radical (unpaired) electrons. The first-order valence-electron chi connectivity index (χ1n) is 7.40. The quantitative estimate of drug-likeness (QED) is 0.507. The third-order valence-corrected chi connectivity index (χ3v) is 4.53. The van der Waals surface area contributed by atoms with Gasteiger partial charge in [-0.1, -0.05) is 18.2 Å². The summed E-state index contributed by atoms with van der Waals surface area (Å²) >= 11 is 0. The minimum absolute atomic E-state index is 0.252. The maximum atomic E-state index is 12.1. The lowest BCUT2D eigenvalue weighted by Gasteiger charge is -2.21. The zero-order valence-electron chi connectivity index (χ0n) is 12.5. The molecule has 5 rings (SSSR count). The molecule has 0 atom stereocenters. The third-order valence-electron chi connectivity index (χ3n) is 4.53. The minimum atomic E-state index is -0.323. The zero-order chi connectivity index (χ0) is 15.6. The van der Waals surface area contributed by atoms with E-state index in [1.165, 1.54) is 7.11 Å². The lowest BCUT2D eigenvalue weighted by atomic mass is 9.94.